The number of halogens is 3. The number of hydrogen-bond donors (Lipinski definition) is 2. The Morgan fingerprint density at radius 2 is 1.90 bits per heavy atom. The van der Waals surface area contributed by atoms with Gasteiger partial charge in [-0.05, 0) is 37.7 Å². The number of nitrogens with zero attached hydrogens (tertiary/aromatic N) is 1. The van der Waals surface area contributed by atoms with E-state index in [2.05, 4.69) is 40.0 Å². The Morgan fingerprint density at radius 1 is 1.33 bits per heavy atom. The van der Waals surface area contributed by atoms with E-state index in [0.29, 0.717) is 17.8 Å². The SMILES string of the molecule is CN(C)CC(C)(C)CNC(=O)c1ccc(Br)cc1N.Cl.Cl. The molecule has 0 bridgehead atoms. The molecular formula is C14H24BrCl2N3O. The van der Waals surface area contributed by atoms with Gasteiger partial charge in [-0.1, -0.05) is 29.8 Å². The number of carbonyl (C=O) groups excluding carboxylic acids is 1. The van der Waals surface area contributed by atoms with Crippen LogP contribution in [-0.4, -0.2) is 38.0 Å². The molecule has 0 saturated carbocycles. The van der Waals surface area contributed by atoms with Gasteiger partial charge >= 0.3 is 0 Å². The Kier molecular flexibility index (Phi) is 10.3. The maximum atomic E-state index is 12.1. The molecule has 0 spiro atoms. The molecule has 0 heterocycles. The van der Waals surface area contributed by atoms with E-state index in [1.54, 1.807) is 12.1 Å². The van der Waals surface area contributed by atoms with Gasteiger partial charge in [0.2, 0.25) is 0 Å². The molecule has 0 aromatic heterocycles. The second kappa shape index (κ2) is 9.51. The van der Waals surface area contributed by atoms with Crippen molar-refractivity contribution in [3.8, 4) is 0 Å². The topological polar surface area (TPSA) is 58.4 Å². The number of amides is 1. The minimum Gasteiger partial charge on any atom is -0.398 e. The van der Waals surface area contributed by atoms with Gasteiger partial charge in [-0.25, -0.2) is 0 Å². The molecule has 0 aliphatic rings. The van der Waals surface area contributed by atoms with Crippen LogP contribution in [0.25, 0.3) is 0 Å². The van der Waals surface area contributed by atoms with E-state index in [1.165, 1.54) is 0 Å². The van der Waals surface area contributed by atoms with Crippen molar-refractivity contribution in [3.05, 3.63) is 28.2 Å². The highest BCUT2D eigenvalue weighted by atomic mass is 79.9. The highest BCUT2D eigenvalue weighted by Gasteiger charge is 2.20. The fraction of sp³-hybridized carbons (Fsp3) is 0.500. The van der Waals surface area contributed by atoms with E-state index in [0.717, 1.165) is 11.0 Å². The van der Waals surface area contributed by atoms with Crippen LogP contribution in [0.3, 0.4) is 0 Å². The maximum absolute atomic E-state index is 12.1. The van der Waals surface area contributed by atoms with Gasteiger partial charge in [0.15, 0.2) is 0 Å². The van der Waals surface area contributed by atoms with Crippen molar-refractivity contribution >= 4 is 52.3 Å². The van der Waals surface area contributed by atoms with Gasteiger partial charge in [0.05, 0.1) is 5.56 Å². The Morgan fingerprint density at radius 3 is 2.38 bits per heavy atom. The first kappa shape index (κ1) is 22.8. The second-order valence-corrected chi connectivity index (χ2v) is 6.73. The first-order valence-corrected chi connectivity index (χ1v) is 6.98. The lowest BCUT2D eigenvalue weighted by Crippen LogP contribution is -2.40. The summed E-state index contributed by atoms with van der Waals surface area (Å²) in [4.78, 5) is 14.2. The quantitative estimate of drug-likeness (QED) is 0.746. The van der Waals surface area contributed by atoms with E-state index >= 15 is 0 Å². The number of hydrogen-bond acceptors (Lipinski definition) is 3. The van der Waals surface area contributed by atoms with Crippen LogP contribution in [0.4, 0.5) is 5.69 Å². The molecule has 4 nitrogen and oxygen atoms in total. The number of carbonyl (C=O) groups is 1. The molecule has 1 rings (SSSR count). The molecule has 1 aromatic rings. The van der Waals surface area contributed by atoms with Crippen LogP contribution in [0.15, 0.2) is 22.7 Å². The van der Waals surface area contributed by atoms with Crippen LogP contribution in [0.2, 0.25) is 0 Å². The van der Waals surface area contributed by atoms with Gasteiger partial charge in [0.25, 0.3) is 5.91 Å². The molecule has 7 heteroatoms. The minimum atomic E-state index is -0.128. The third-order valence-corrected chi connectivity index (χ3v) is 3.22. The van der Waals surface area contributed by atoms with Crippen LogP contribution in [0, 0.1) is 5.41 Å². The molecule has 0 aliphatic heterocycles. The second-order valence-electron chi connectivity index (χ2n) is 5.82. The monoisotopic (exact) mass is 399 g/mol. The number of nitrogen functional groups attached to an aromatic ring is 1. The summed E-state index contributed by atoms with van der Waals surface area (Å²) in [5.74, 6) is -0.128. The number of nitrogens with one attached hydrogen (secondary N) is 1. The molecule has 3 N–H and O–H groups in total. The predicted molar refractivity (Wildman–Crippen MR) is 97.7 cm³/mol. The van der Waals surface area contributed by atoms with Crippen LogP contribution in [0.1, 0.15) is 24.2 Å². The third kappa shape index (κ3) is 7.90. The Balaban J connectivity index is 0. The van der Waals surface area contributed by atoms with E-state index in [4.69, 9.17) is 5.73 Å². The summed E-state index contributed by atoms with van der Waals surface area (Å²) >= 11 is 3.33. The minimum absolute atomic E-state index is 0. The normalized spacial score (nSPS) is 10.6. The molecule has 0 saturated heterocycles. The van der Waals surface area contributed by atoms with Crippen LogP contribution in [0.5, 0.6) is 0 Å². The average molecular weight is 401 g/mol. The number of anilines is 1. The van der Waals surface area contributed by atoms with E-state index in [1.807, 2.05) is 20.2 Å². The van der Waals surface area contributed by atoms with Crippen LogP contribution < -0.4 is 11.1 Å². The van der Waals surface area contributed by atoms with Crippen molar-refractivity contribution in [1.29, 1.82) is 0 Å². The van der Waals surface area contributed by atoms with E-state index in [-0.39, 0.29) is 36.1 Å². The zero-order valence-electron chi connectivity index (χ0n) is 12.8. The summed E-state index contributed by atoms with van der Waals surface area (Å²) in [6.07, 6.45) is 0. The summed E-state index contributed by atoms with van der Waals surface area (Å²) in [6.45, 7) is 5.76. The van der Waals surface area contributed by atoms with Crippen LogP contribution >= 0.6 is 40.7 Å². The molecule has 0 unspecified atom stereocenters. The number of rotatable bonds is 5. The van der Waals surface area contributed by atoms with Gasteiger partial charge < -0.3 is 16.0 Å². The van der Waals surface area contributed by atoms with Crippen molar-refractivity contribution < 1.29 is 4.79 Å². The Bertz CT molecular complexity index is 468. The van der Waals surface area contributed by atoms with Gasteiger partial charge in [-0.15, -0.1) is 24.8 Å². The maximum Gasteiger partial charge on any atom is 0.253 e. The van der Waals surface area contributed by atoms with Gasteiger partial charge in [-0.2, -0.15) is 0 Å². The molecule has 1 aromatic carbocycles. The van der Waals surface area contributed by atoms with Gasteiger partial charge in [0.1, 0.15) is 0 Å². The Labute approximate surface area is 147 Å². The first-order chi connectivity index (χ1) is 8.71. The molecule has 122 valence electrons. The molecule has 21 heavy (non-hydrogen) atoms. The summed E-state index contributed by atoms with van der Waals surface area (Å²) in [5.41, 5.74) is 6.86. The fourth-order valence-electron chi connectivity index (χ4n) is 2.07. The van der Waals surface area contributed by atoms with Crippen molar-refractivity contribution in [3.63, 3.8) is 0 Å². The molecule has 1 amide bonds. The first-order valence-electron chi connectivity index (χ1n) is 6.19. The standard InChI is InChI=1S/C14H22BrN3O.2ClH/c1-14(2,9-18(3)4)8-17-13(19)11-6-5-10(15)7-12(11)16;;/h5-7H,8-9,16H2,1-4H3,(H,17,19);2*1H. The summed E-state index contributed by atoms with van der Waals surface area (Å²) < 4.78 is 0.870. The molecule has 0 aliphatic carbocycles. The highest BCUT2D eigenvalue weighted by molar-refractivity contribution is 9.10. The summed E-state index contributed by atoms with van der Waals surface area (Å²) in [7, 11) is 4.05. The molecule has 0 radical (unpaired) electrons. The van der Waals surface area contributed by atoms with Crippen LogP contribution in [-0.2, 0) is 0 Å². The zero-order valence-corrected chi connectivity index (χ0v) is 16.0. The lowest BCUT2D eigenvalue weighted by Gasteiger charge is -2.28. The third-order valence-electron chi connectivity index (χ3n) is 2.73. The Hall–Kier alpha value is -0.490. The summed E-state index contributed by atoms with van der Waals surface area (Å²) in [5, 5.41) is 2.94. The van der Waals surface area contributed by atoms with E-state index < -0.39 is 0 Å². The number of benzene rings is 1. The lowest BCUT2D eigenvalue weighted by molar-refractivity contribution is 0.0930. The van der Waals surface area contributed by atoms with Gasteiger partial charge in [0, 0.05) is 23.2 Å². The zero-order chi connectivity index (χ0) is 14.6. The van der Waals surface area contributed by atoms with Crippen molar-refractivity contribution in [2.45, 2.75) is 13.8 Å². The molecular weight excluding hydrogens is 377 g/mol. The van der Waals surface area contributed by atoms with Crippen molar-refractivity contribution in [2.75, 3.05) is 32.9 Å². The lowest BCUT2D eigenvalue weighted by atomic mass is 9.93. The van der Waals surface area contributed by atoms with Gasteiger partial charge in [-0.3, -0.25) is 4.79 Å². The van der Waals surface area contributed by atoms with Crippen molar-refractivity contribution in [1.82, 2.24) is 10.2 Å². The van der Waals surface area contributed by atoms with Crippen molar-refractivity contribution in [2.24, 2.45) is 5.41 Å². The molecule has 0 atom stereocenters. The summed E-state index contributed by atoms with van der Waals surface area (Å²) in [6, 6.07) is 5.28. The smallest absolute Gasteiger partial charge is 0.253 e. The largest absolute Gasteiger partial charge is 0.398 e. The highest BCUT2D eigenvalue weighted by Crippen LogP contribution is 2.19. The molecule has 0 fully saturated rings. The average Bonchev–Trinajstić information content (AvgIpc) is 2.24. The number of nitrogens with two attached hydrogens (primary N) is 1. The predicted octanol–water partition coefficient (Wildman–Crippen LogP) is 3.19. The van der Waals surface area contributed by atoms with E-state index in [9.17, 15) is 4.79 Å². The fourth-order valence-corrected chi connectivity index (χ4v) is 2.45.